The van der Waals surface area contributed by atoms with Gasteiger partial charge in [-0.05, 0) is 23.8 Å². The van der Waals surface area contributed by atoms with Crippen LogP contribution < -0.4 is 11.1 Å². The van der Waals surface area contributed by atoms with Crippen LogP contribution in [0.15, 0.2) is 43.0 Å². The molecular formula is C12H12N4O. The van der Waals surface area contributed by atoms with Crippen molar-refractivity contribution in [1.29, 1.82) is 0 Å². The molecule has 2 rings (SSSR count). The van der Waals surface area contributed by atoms with Crippen LogP contribution in [-0.4, -0.2) is 15.9 Å². The second kappa shape index (κ2) is 5.07. The molecule has 2 aromatic rings. The normalized spacial score (nSPS) is 9.88. The van der Waals surface area contributed by atoms with Crippen LogP contribution in [0.5, 0.6) is 0 Å². The summed E-state index contributed by atoms with van der Waals surface area (Å²) in [5.74, 6) is -0.207. The van der Waals surface area contributed by atoms with Gasteiger partial charge in [-0.3, -0.25) is 14.8 Å². The monoisotopic (exact) mass is 228 g/mol. The van der Waals surface area contributed by atoms with E-state index >= 15 is 0 Å². The van der Waals surface area contributed by atoms with Gasteiger partial charge in [0.2, 0.25) is 0 Å². The van der Waals surface area contributed by atoms with Crippen molar-refractivity contribution < 1.29 is 4.79 Å². The topological polar surface area (TPSA) is 80.9 Å². The van der Waals surface area contributed by atoms with Crippen molar-refractivity contribution in [1.82, 2.24) is 15.3 Å². The van der Waals surface area contributed by atoms with Crippen molar-refractivity contribution in [2.45, 2.75) is 6.54 Å². The van der Waals surface area contributed by atoms with Gasteiger partial charge in [0.1, 0.15) is 0 Å². The molecule has 0 saturated carbocycles. The Labute approximate surface area is 98.7 Å². The fourth-order valence-electron chi connectivity index (χ4n) is 1.39. The Hall–Kier alpha value is -2.43. The summed E-state index contributed by atoms with van der Waals surface area (Å²) in [6, 6.07) is 5.28. The maximum Gasteiger partial charge on any atom is 0.253 e. The number of hydrogen-bond acceptors (Lipinski definition) is 4. The van der Waals surface area contributed by atoms with Crippen molar-refractivity contribution in [3.63, 3.8) is 0 Å². The summed E-state index contributed by atoms with van der Waals surface area (Å²) in [5, 5.41) is 2.78. The predicted molar refractivity (Wildman–Crippen MR) is 64.1 cm³/mol. The lowest BCUT2D eigenvalue weighted by Crippen LogP contribution is -2.23. The number of rotatable bonds is 3. The van der Waals surface area contributed by atoms with E-state index in [9.17, 15) is 4.79 Å². The van der Waals surface area contributed by atoms with Crippen LogP contribution >= 0.6 is 0 Å². The molecule has 5 nitrogen and oxygen atoms in total. The van der Waals surface area contributed by atoms with Gasteiger partial charge in [-0.2, -0.15) is 0 Å². The number of carbonyl (C=O) groups is 1. The van der Waals surface area contributed by atoms with Crippen molar-refractivity contribution in [2.24, 2.45) is 0 Å². The molecule has 17 heavy (non-hydrogen) atoms. The minimum absolute atomic E-state index is 0.207. The number of anilines is 1. The molecule has 0 bridgehead atoms. The second-order valence-electron chi connectivity index (χ2n) is 3.50. The standard InChI is InChI=1S/C12H12N4O/c13-11-8-15-6-3-10(11)12(17)16-7-9-1-4-14-5-2-9/h1-6,8H,7,13H2,(H,16,17). The molecule has 3 N–H and O–H groups in total. The molecule has 0 atom stereocenters. The quantitative estimate of drug-likeness (QED) is 0.820. The molecule has 0 aliphatic carbocycles. The maximum atomic E-state index is 11.8. The molecule has 0 fully saturated rings. The third kappa shape index (κ3) is 2.78. The molecule has 0 saturated heterocycles. The number of pyridine rings is 2. The van der Waals surface area contributed by atoms with Crippen LogP contribution in [0.4, 0.5) is 5.69 Å². The smallest absolute Gasteiger partial charge is 0.253 e. The first-order chi connectivity index (χ1) is 8.27. The highest BCUT2D eigenvalue weighted by molar-refractivity contribution is 5.98. The molecule has 0 aromatic carbocycles. The fraction of sp³-hybridized carbons (Fsp3) is 0.0833. The average molecular weight is 228 g/mol. The van der Waals surface area contributed by atoms with Crippen LogP contribution in [-0.2, 0) is 6.54 Å². The number of nitrogen functional groups attached to an aromatic ring is 1. The zero-order chi connectivity index (χ0) is 12.1. The van der Waals surface area contributed by atoms with Crippen LogP contribution in [0, 0.1) is 0 Å². The number of nitrogens with zero attached hydrogens (tertiary/aromatic N) is 2. The third-order valence-corrected chi connectivity index (χ3v) is 2.30. The largest absolute Gasteiger partial charge is 0.397 e. The number of carbonyl (C=O) groups excluding carboxylic acids is 1. The minimum atomic E-state index is -0.207. The molecule has 2 aromatic heterocycles. The Kier molecular flexibility index (Phi) is 3.30. The Balaban J connectivity index is 2.01. The van der Waals surface area contributed by atoms with E-state index in [1.807, 2.05) is 12.1 Å². The third-order valence-electron chi connectivity index (χ3n) is 2.30. The van der Waals surface area contributed by atoms with Crippen molar-refractivity contribution in [3.8, 4) is 0 Å². The summed E-state index contributed by atoms with van der Waals surface area (Å²) in [7, 11) is 0. The van der Waals surface area contributed by atoms with Crippen LogP contribution in [0.2, 0.25) is 0 Å². The summed E-state index contributed by atoms with van der Waals surface area (Å²) in [4.78, 5) is 19.5. The van der Waals surface area contributed by atoms with Gasteiger partial charge in [0.25, 0.3) is 5.91 Å². The van der Waals surface area contributed by atoms with Gasteiger partial charge >= 0.3 is 0 Å². The van der Waals surface area contributed by atoms with E-state index in [1.165, 1.54) is 12.4 Å². The van der Waals surface area contributed by atoms with E-state index in [1.54, 1.807) is 18.5 Å². The van der Waals surface area contributed by atoms with Gasteiger partial charge < -0.3 is 11.1 Å². The highest BCUT2D eigenvalue weighted by Crippen LogP contribution is 2.08. The number of aromatic nitrogens is 2. The molecule has 0 radical (unpaired) electrons. The molecule has 1 amide bonds. The van der Waals surface area contributed by atoms with Crippen LogP contribution in [0.3, 0.4) is 0 Å². The zero-order valence-electron chi connectivity index (χ0n) is 9.13. The van der Waals surface area contributed by atoms with Gasteiger partial charge in [-0.25, -0.2) is 0 Å². The minimum Gasteiger partial charge on any atom is -0.397 e. The van der Waals surface area contributed by atoms with Gasteiger partial charge in [0.05, 0.1) is 17.4 Å². The number of nitrogens with two attached hydrogens (primary N) is 1. The van der Waals surface area contributed by atoms with E-state index in [0.717, 1.165) is 5.56 Å². The molecule has 86 valence electrons. The summed E-state index contributed by atoms with van der Waals surface area (Å²) < 4.78 is 0. The highest BCUT2D eigenvalue weighted by atomic mass is 16.1. The SMILES string of the molecule is Nc1cnccc1C(=O)NCc1ccncc1. The van der Waals surface area contributed by atoms with E-state index < -0.39 is 0 Å². The first-order valence-corrected chi connectivity index (χ1v) is 5.14. The van der Waals surface area contributed by atoms with Gasteiger partial charge in [-0.1, -0.05) is 0 Å². The van der Waals surface area contributed by atoms with Crippen molar-refractivity contribution in [2.75, 3.05) is 5.73 Å². The molecule has 0 aliphatic rings. The lowest BCUT2D eigenvalue weighted by molar-refractivity contribution is 0.0951. The first-order valence-electron chi connectivity index (χ1n) is 5.14. The highest BCUT2D eigenvalue weighted by Gasteiger charge is 2.08. The van der Waals surface area contributed by atoms with Crippen LogP contribution in [0.25, 0.3) is 0 Å². The number of nitrogens with one attached hydrogen (secondary N) is 1. The number of hydrogen-bond donors (Lipinski definition) is 2. The molecule has 0 unspecified atom stereocenters. The van der Waals surface area contributed by atoms with Crippen LogP contribution in [0.1, 0.15) is 15.9 Å². The molecular weight excluding hydrogens is 216 g/mol. The summed E-state index contributed by atoms with van der Waals surface area (Å²) in [5.41, 5.74) is 7.46. The van der Waals surface area contributed by atoms with Crippen molar-refractivity contribution >= 4 is 11.6 Å². The lowest BCUT2D eigenvalue weighted by atomic mass is 10.2. The Bertz CT molecular complexity index is 513. The van der Waals surface area contributed by atoms with E-state index in [2.05, 4.69) is 15.3 Å². The molecule has 0 aliphatic heterocycles. The lowest BCUT2D eigenvalue weighted by Gasteiger charge is -2.06. The zero-order valence-corrected chi connectivity index (χ0v) is 9.13. The first kappa shape index (κ1) is 11.1. The Morgan fingerprint density at radius 3 is 2.59 bits per heavy atom. The predicted octanol–water partition coefficient (Wildman–Crippen LogP) is 0.989. The second-order valence-corrected chi connectivity index (χ2v) is 3.50. The van der Waals surface area contributed by atoms with E-state index in [0.29, 0.717) is 17.8 Å². The van der Waals surface area contributed by atoms with Gasteiger partial charge in [0, 0.05) is 25.1 Å². The fourth-order valence-corrected chi connectivity index (χ4v) is 1.39. The molecule has 2 heterocycles. The Morgan fingerprint density at radius 1 is 1.18 bits per heavy atom. The van der Waals surface area contributed by atoms with Gasteiger partial charge in [0.15, 0.2) is 0 Å². The summed E-state index contributed by atoms with van der Waals surface area (Å²) in [6.45, 7) is 0.448. The summed E-state index contributed by atoms with van der Waals surface area (Å²) in [6.07, 6.45) is 6.36. The molecule has 0 spiro atoms. The van der Waals surface area contributed by atoms with E-state index in [4.69, 9.17) is 5.73 Å². The van der Waals surface area contributed by atoms with Crippen molar-refractivity contribution in [3.05, 3.63) is 54.1 Å². The van der Waals surface area contributed by atoms with Gasteiger partial charge in [-0.15, -0.1) is 0 Å². The maximum absolute atomic E-state index is 11.8. The van der Waals surface area contributed by atoms with E-state index in [-0.39, 0.29) is 5.91 Å². The molecule has 5 heteroatoms. The average Bonchev–Trinajstić information content (AvgIpc) is 2.38. The Morgan fingerprint density at radius 2 is 1.88 bits per heavy atom. The number of amides is 1. The summed E-state index contributed by atoms with van der Waals surface area (Å²) >= 11 is 0.